The van der Waals surface area contributed by atoms with E-state index in [4.69, 9.17) is 14.9 Å². The quantitative estimate of drug-likeness (QED) is 0.693. The average molecular weight is 371 g/mol. The summed E-state index contributed by atoms with van der Waals surface area (Å²) in [7, 11) is 0. The second-order valence-electron chi connectivity index (χ2n) is 6.70. The van der Waals surface area contributed by atoms with Crippen LogP contribution in [0.2, 0.25) is 0 Å². The number of hydrogen-bond acceptors (Lipinski definition) is 5. The molecular weight excluding hydrogens is 346 g/mol. The molecule has 2 aromatic rings. The normalized spacial score (nSPS) is 19.3. The lowest BCUT2D eigenvalue weighted by atomic mass is 9.84. The third-order valence-electron chi connectivity index (χ3n) is 4.77. The van der Waals surface area contributed by atoms with Crippen molar-refractivity contribution in [2.75, 3.05) is 18.5 Å². The van der Waals surface area contributed by atoms with Crippen molar-refractivity contribution in [3.05, 3.63) is 48.4 Å². The Morgan fingerprint density at radius 2 is 2.04 bits per heavy atom. The van der Waals surface area contributed by atoms with E-state index in [0.717, 1.165) is 19.3 Å². The Bertz CT molecular complexity index is 760. The molecule has 1 aromatic carbocycles. The molecule has 7 nitrogen and oxygen atoms in total. The highest BCUT2D eigenvalue weighted by atomic mass is 16.5. The van der Waals surface area contributed by atoms with Crippen LogP contribution in [0.3, 0.4) is 0 Å². The summed E-state index contributed by atoms with van der Waals surface area (Å²) in [6.07, 6.45) is 5.73. The molecule has 0 spiro atoms. The molecule has 0 aliphatic heterocycles. The van der Waals surface area contributed by atoms with Gasteiger partial charge >= 0.3 is 0 Å². The molecule has 2 amide bonds. The Morgan fingerprint density at radius 3 is 2.81 bits per heavy atom. The van der Waals surface area contributed by atoms with Crippen molar-refractivity contribution in [3.8, 4) is 5.75 Å². The summed E-state index contributed by atoms with van der Waals surface area (Å²) < 4.78 is 10.6. The number of rotatable bonds is 7. The van der Waals surface area contributed by atoms with Gasteiger partial charge in [0.1, 0.15) is 5.75 Å². The molecule has 0 radical (unpaired) electrons. The van der Waals surface area contributed by atoms with Gasteiger partial charge in [-0.05, 0) is 49.6 Å². The SMILES string of the molecule is NCC1CCCCC1NC(=O)COc1cccc(NC(=O)c2ccco2)c1. The minimum absolute atomic E-state index is 0.0800. The molecule has 1 aliphatic rings. The number of carbonyl (C=O) groups excluding carboxylic acids is 2. The fourth-order valence-electron chi connectivity index (χ4n) is 3.34. The van der Waals surface area contributed by atoms with Gasteiger partial charge in [-0.25, -0.2) is 0 Å². The number of benzene rings is 1. The van der Waals surface area contributed by atoms with Crippen LogP contribution in [0.4, 0.5) is 5.69 Å². The predicted octanol–water partition coefficient (Wildman–Crippen LogP) is 2.54. The van der Waals surface area contributed by atoms with Gasteiger partial charge in [0, 0.05) is 17.8 Å². The van der Waals surface area contributed by atoms with Crippen molar-refractivity contribution in [2.45, 2.75) is 31.7 Å². The molecule has 7 heteroatoms. The van der Waals surface area contributed by atoms with Gasteiger partial charge in [0.25, 0.3) is 11.8 Å². The maximum atomic E-state index is 12.2. The number of carbonyl (C=O) groups is 2. The van der Waals surface area contributed by atoms with Crippen molar-refractivity contribution in [1.29, 1.82) is 0 Å². The van der Waals surface area contributed by atoms with E-state index >= 15 is 0 Å². The summed E-state index contributed by atoms with van der Waals surface area (Å²) in [5.41, 5.74) is 6.36. The van der Waals surface area contributed by atoms with Gasteiger partial charge in [0.15, 0.2) is 12.4 Å². The van der Waals surface area contributed by atoms with Gasteiger partial charge in [-0.15, -0.1) is 0 Å². The second-order valence-corrected chi connectivity index (χ2v) is 6.70. The minimum atomic E-state index is -0.347. The zero-order chi connectivity index (χ0) is 19.1. The lowest BCUT2D eigenvalue weighted by Crippen LogP contribution is -2.46. The Balaban J connectivity index is 1.50. The summed E-state index contributed by atoms with van der Waals surface area (Å²) in [4.78, 5) is 24.2. The summed E-state index contributed by atoms with van der Waals surface area (Å²) >= 11 is 0. The Labute approximate surface area is 158 Å². The number of hydrogen-bond donors (Lipinski definition) is 3. The Hall–Kier alpha value is -2.80. The molecule has 1 aromatic heterocycles. The highest BCUT2D eigenvalue weighted by Gasteiger charge is 2.25. The van der Waals surface area contributed by atoms with Gasteiger partial charge in [-0.3, -0.25) is 9.59 Å². The van der Waals surface area contributed by atoms with E-state index in [1.807, 2.05) is 0 Å². The van der Waals surface area contributed by atoms with Crippen LogP contribution in [-0.4, -0.2) is 31.0 Å². The largest absolute Gasteiger partial charge is 0.484 e. The van der Waals surface area contributed by atoms with Crippen LogP contribution in [0.1, 0.15) is 36.2 Å². The van der Waals surface area contributed by atoms with Gasteiger partial charge in [-0.1, -0.05) is 18.9 Å². The summed E-state index contributed by atoms with van der Waals surface area (Å²) in [5.74, 6) is 0.553. The summed E-state index contributed by atoms with van der Waals surface area (Å²) in [5, 5.41) is 5.75. The minimum Gasteiger partial charge on any atom is -0.484 e. The smallest absolute Gasteiger partial charge is 0.291 e. The van der Waals surface area contributed by atoms with Crippen molar-refractivity contribution >= 4 is 17.5 Å². The monoisotopic (exact) mass is 371 g/mol. The zero-order valence-corrected chi connectivity index (χ0v) is 15.1. The molecule has 0 saturated heterocycles. The molecule has 1 aliphatic carbocycles. The predicted molar refractivity (Wildman–Crippen MR) is 102 cm³/mol. The first-order chi connectivity index (χ1) is 13.2. The van der Waals surface area contributed by atoms with Crippen LogP contribution in [0, 0.1) is 5.92 Å². The topological polar surface area (TPSA) is 107 Å². The van der Waals surface area contributed by atoms with Crippen molar-refractivity contribution < 1.29 is 18.7 Å². The van der Waals surface area contributed by atoms with Crippen LogP contribution >= 0.6 is 0 Å². The molecule has 4 N–H and O–H groups in total. The van der Waals surface area contributed by atoms with Gasteiger partial charge in [0.2, 0.25) is 0 Å². The lowest BCUT2D eigenvalue weighted by Gasteiger charge is -2.31. The van der Waals surface area contributed by atoms with Crippen LogP contribution < -0.4 is 21.1 Å². The first kappa shape index (κ1) is 19.0. The first-order valence-corrected chi connectivity index (χ1v) is 9.23. The lowest BCUT2D eigenvalue weighted by molar-refractivity contribution is -0.124. The van der Waals surface area contributed by atoms with Crippen LogP contribution in [-0.2, 0) is 4.79 Å². The number of amides is 2. The fraction of sp³-hybridized carbons (Fsp3) is 0.400. The molecule has 0 bridgehead atoms. The molecule has 1 saturated carbocycles. The highest BCUT2D eigenvalue weighted by Crippen LogP contribution is 2.23. The molecule has 1 fully saturated rings. The fourth-order valence-corrected chi connectivity index (χ4v) is 3.34. The maximum Gasteiger partial charge on any atom is 0.291 e. The van der Waals surface area contributed by atoms with E-state index in [-0.39, 0.29) is 30.2 Å². The molecule has 2 unspecified atom stereocenters. The Morgan fingerprint density at radius 1 is 1.19 bits per heavy atom. The summed E-state index contributed by atoms with van der Waals surface area (Å²) in [6, 6.07) is 10.2. The molecule has 1 heterocycles. The number of ether oxygens (including phenoxy) is 1. The third kappa shape index (κ3) is 5.34. The average Bonchev–Trinajstić information content (AvgIpc) is 3.22. The molecule has 2 atom stereocenters. The molecule has 3 rings (SSSR count). The first-order valence-electron chi connectivity index (χ1n) is 9.23. The van der Waals surface area contributed by atoms with E-state index in [9.17, 15) is 9.59 Å². The van der Waals surface area contributed by atoms with Crippen LogP contribution in [0.25, 0.3) is 0 Å². The molecule has 144 valence electrons. The number of anilines is 1. The number of nitrogens with one attached hydrogen (secondary N) is 2. The number of nitrogens with two attached hydrogens (primary N) is 1. The van der Waals surface area contributed by atoms with E-state index in [0.29, 0.717) is 23.9 Å². The summed E-state index contributed by atoms with van der Waals surface area (Å²) in [6.45, 7) is 0.507. The van der Waals surface area contributed by atoms with Gasteiger partial charge < -0.3 is 25.5 Å². The van der Waals surface area contributed by atoms with E-state index < -0.39 is 0 Å². The standard InChI is InChI=1S/C20H25N3O4/c21-12-14-5-1-2-8-17(14)23-19(24)13-27-16-7-3-6-15(11-16)22-20(25)18-9-4-10-26-18/h3-4,6-7,9-11,14,17H,1-2,5,8,12-13,21H2,(H,22,25)(H,23,24). The van der Waals surface area contributed by atoms with Crippen LogP contribution in [0.15, 0.2) is 47.1 Å². The van der Waals surface area contributed by atoms with Gasteiger partial charge in [0.05, 0.1) is 6.26 Å². The van der Waals surface area contributed by atoms with Crippen molar-refractivity contribution in [3.63, 3.8) is 0 Å². The second kappa shape index (κ2) is 9.23. The van der Waals surface area contributed by atoms with Crippen molar-refractivity contribution in [1.82, 2.24) is 5.32 Å². The van der Waals surface area contributed by atoms with Crippen molar-refractivity contribution in [2.24, 2.45) is 11.7 Å². The van der Waals surface area contributed by atoms with Crippen LogP contribution in [0.5, 0.6) is 5.75 Å². The van der Waals surface area contributed by atoms with E-state index in [1.165, 1.54) is 12.7 Å². The van der Waals surface area contributed by atoms with Gasteiger partial charge in [-0.2, -0.15) is 0 Å². The number of furan rings is 1. The highest BCUT2D eigenvalue weighted by molar-refractivity contribution is 6.02. The zero-order valence-electron chi connectivity index (χ0n) is 15.1. The molecular formula is C20H25N3O4. The van der Waals surface area contributed by atoms with E-state index in [1.54, 1.807) is 36.4 Å². The third-order valence-corrected chi connectivity index (χ3v) is 4.77. The Kier molecular flexibility index (Phi) is 6.49. The molecule has 27 heavy (non-hydrogen) atoms. The maximum absolute atomic E-state index is 12.2. The van der Waals surface area contributed by atoms with E-state index in [2.05, 4.69) is 10.6 Å².